The van der Waals surface area contributed by atoms with Crippen LogP contribution in [-0.4, -0.2) is 25.9 Å². The lowest BCUT2D eigenvalue weighted by Crippen LogP contribution is -2.25. The normalized spacial score (nSPS) is 13.2. The highest BCUT2D eigenvalue weighted by molar-refractivity contribution is 7.98. The number of fused-ring (bicyclic) bond motifs is 1. The molecule has 0 atom stereocenters. The van der Waals surface area contributed by atoms with Crippen LogP contribution in [0.25, 0.3) is 0 Å². The predicted octanol–water partition coefficient (Wildman–Crippen LogP) is 3.51. The number of ether oxygens (including phenoxy) is 1. The van der Waals surface area contributed by atoms with Crippen molar-refractivity contribution in [3.8, 4) is 5.75 Å². The lowest BCUT2D eigenvalue weighted by Gasteiger charge is -2.18. The molecule has 0 unspecified atom stereocenters. The van der Waals surface area contributed by atoms with Gasteiger partial charge in [-0.2, -0.15) is 0 Å². The van der Waals surface area contributed by atoms with Crippen LogP contribution in [0.3, 0.4) is 0 Å². The van der Waals surface area contributed by atoms with Crippen molar-refractivity contribution in [3.05, 3.63) is 72.6 Å². The molecule has 4 rings (SSSR count). The van der Waals surface area contributed by atoms with Gasteiger partial charge in [0.15, 0.2) is 6.61 Å². The van der Waals surface area contributed by atoms with E-state index in [0.717, 1.165) is 16.2 Å². The second-order valence-electron chi connectivity index (χ2n) is 6.27. The van der Waals surface area contributed by atoms with Gasteiger partial charge in [-0.3, -0.25) is 14.5 Å². The number of carbonyl (C=O) groups is 1. The Bertz CT molecular complexity index is 1130. The van der Waals surface area contributed by atoms with Gasteiger partial charge in [-0.05, 0) is 54.1 Å². The zero-order chi connectivity index (χ0) is 20.3. The highest BCUT2D eigenvalue weighted by atomic mass is 32.2. The van der Waals surface area contributed by atoms with Gasteiger partial charge in [0.1, 0.15) is 5.75 Å². The minimum Gasteiger partial charge on any atom is -0.482 e. The molecule has 9 heteroatoms. The summed E-state index contributed by atoms with van der Waals surface area (Å²) in [7, 11) is -3.80. The van der Waals surface area contributed by atoms with Crippen molar-refractivity contribution in [1.29, 1.82) is 0 Å². The maximum Gasteiger partial charge on any atom is 0.262 e. The molecular formula is C20H17N3O4S2. The van der Waals surface area contributed by atoms with Crippen LogP contribution in [0.4, 0.5) is 11.4 Å². The van der Waals surface area contributed by atoms with E-state index in [2.05, 4.69) is 15.0 Å². The number of nitrogens with zero attached hydrogens (tertiary/aromatic N) is 1. The molecule has 0 saturated carbocycles. The SMILES string of the molecule is O=C1COc2ccc(S(=O)(=O)Nc3ccc(SCc4cccnc4)cc3)cc2N1. The fourth-order valence-corrected chi connectivity index (χ4v) is 4.63. The Morgan fingerprint density at radius 2 is 1.97 bits per heavy atom. The molecule has 1 aliphatic rings. The molecule has 2 N–H and O–H groups in total. The molecule has 1 aliphatic heterocycles. The predicted molar refractivity (Wildman–Crippen MR) is 112 cm³/mol. The number of benzene rings is 2. The largest absolute Gasteiger partial charge is 0.482 e. The van der Waals surface area contributed by atoms with Crippen molar-refractivity contribution in [3.63, 3.8) is 0 Å². The molecule has 148 valence electrons. The van der Waals surface area contributed by atoms with E-state index in [1.165, 1.54) is 18.2 Å². The number of hydrogen-bond acceptors (Lipinski definition) is 6. The highest BCUT2D eigenvalue weighted by Crippen LogP contribution is 2.31. The lowest BCUT2D eigenvalue weighted by molar-refractivity contribution is -0.118. The van der Waals surface area contributed by atoms with Gasteiger partial charge in [-0.1, -0.05) is 6.07 Å². The Balaban J connectivity index is 1.44. The monoisotopic (exact) mass is 427 g/mol. The number of nitrogens with one attached hydrogen (secondary N) is 2. The first-order valence-electron chi connectivity index (χ1n) is 8.71. The zero-order valence-corrected chi connectivity index (χ0v) is 16.8. The van der Waals surface area contributed by atoms with Crippen LogP contribution in [0.1, 0.15) is 5.56 Å². The minimum atomic E-state index is -3.80. The van der Waals surface area contributed by atoms with Crippen LogP contribution in [0.5, 0.6) is 5.75 Å². The lowest BCUT2D eigenvalue weighted by atomic mass is 10.2. The van der Waals surface area contributed by atoms with E-state index in [-0.39, 0.29) is 17.4 Å². The summed E-state index contributed by atoms with van der Waals surface area (Å²) in [5.74, 6) is 0.903. The van der Waals surface area contributed by atoms with Crippen molar-refractivity contribution < 1.29 is 17.9 Å². The Kier molecular flexibility index (Phi) is 5.41. The van der Waals surface area contributed by atoms with Crippen molar-refractivity contribution in [2.45, 2.75) is 15.5 Å². The second-order valence-corrected chi connectivity index (χ2v) is 9.01. The summed E-state index contributed by atoms with van der Waals surface area (Å²) in [5, 5.41) is 2.61. The van der Waals surface area contributed by atoms with Crippen molar-refractivity contribution in [1.82, 2.24) is 4.98 Å². The Morgan fingerprint density at radius 3 is 2.72 bits per heavy atom. The third kappa shape index (κ3) is 4.69. The third-order valence-corrected chi connectivity index (χ3v) is 6.59. The van der Waals surface area contributed by atoms with E-state index < -0.39 is 10.0 Å². The Hall–Kier alpha value is -3.04. The van der Waals surface area contributed by atoms with E-state index in [1.54, 1.807) is 30.1 Å². The zero-order valence-electron chi connectivity index (χ0n) is 15.2. The first-order valence-corrected chi connectivity index (χ1v) is 11.2. The Morgan fingerprint density at radius 1 is 1.14 bits per heavy atom. The van der Waals surface area contributed by atoms with Crippen LogP contribution >= 0.6 is 11.8 Å². The number of rotatable bonds is 6. The van der Waals surface area contributed by atoms with Crippen molar-refractivity contribution >= 4 is 39.1 Å². The van der Waals surface area contributed by atoms with Crippen LogP contribution in [0.2, 0.25) is 0 Å². The minimum absolute atomic E-state index is 0.0390. The van der Waals surface area contributed by atoms with Crippen LogP contribution in [-0.2, 0) is 20.6 Å². The molecule has 0 saturated heterocycles. The van der Waals surface area contributed by atoms with Gasteiger partial charge in [0, 0.05) is 28.7 Å². The Labute approximate surface area is 172 Å². The van der Waals surface area contributed by atoms with Crippen LogP contribution < -0.4 is 14.8 Å². The fourth-order valence-electron chi connectivity index (χ4n) is 2.71. The van der Waals surface area contributed by atoms with Crippen molar-refractivity contribution in [2.75, 3.05) is 16.6 Å². The summed E-state index contributed by atoms with van der Waals surface area (Å²) in [4.78, 5) is 16.6. The molecule has 3 aromatic rings. The summed E-state index contributed by atoms with van der Waals surface area (Å²) in [6, 6.07) is 15.4. The third-order valence-electron chi connectivity index (χ3n) is 4.13. The van der Waals surface area contributed by atoms with E-state index in [4.69, 9.17) is 4.74 Å². The molecule has 0 bridgehead atoms. The molecule has 0 radical (unpaired) electrons. The van der Waals surface area contributed by atoms with Gasteiger partial charge in [-0.15, -0.1) is 11.8 Å². The number of anilines is 2. The standard InChI is InChI=1S/C20H17N3O4S2/c24-20-12-27-19-8-7-17(10-18(19)22-20)29(25,26)23-15-3-5-16(6-4-15)28-13-14-2-1-9-21-11-14/h1-11,23H,12-13H2,(H,22,24). The molecule has 2 heterocycles. The first-order chi connectivity index (χ1) is 14.0. The van der Waals surface area contributed by atoms with Crippen molar-refractivity contribution in [2.24, 2.45) is 0 Å². The van der Waals surface area contributed by atoms with Crippen LogP contribution in [0, 0.1) is 0 Å². The summed E-state index contributed by atoms with van der Waals surface area (Å²) in [6.07, 6.45) is 3.56. The molecule has 29 heavy (non-hydrogen) atoms. The van der Waals surface area contributed by atoms with Crippen LogP contribution in [0.15, 0.2) is 76.8 Å². The average molecular weight is 428 g/mol. The van der Waals surface area contributed by atoms with E-state index in [9.17, 15) is 13.2 Å². The maximum atomic E-state index is 12.7. The molecule has 7 nitrogen and oxygen atoms in total. The molecule has 2 aromatic carbocycles. The topological polar surface area (TPSA) is 97.4 Å². The number of sulfonamides is 1. The quantitative estimate of drug-likeness (QED) is 0.585. The number of pyridine rings is 1. The number of carbonyl (C=O) groups excluding carboxylic acids is 1. The fraction of sp³-hybridized carbons (Fsp3) is 0.100. The first kappa shape index (κ1) is 19.3. The summed E-state index contributed by atoms with van der Waals surface area (Å²) in [6.45, 7) is -0.0809. The second kappa shape index (κ2) is 8.14. The van der Waals surface area contributed by atoms with Gasteiger partial charge >= 0.3 is 0 Å². The van der Waals surface area contributed by atoms with Gasteiger partial charge in [0.05, 0.1) is 10.6 Å². The van der Waals surface area contributed by atoms with E-state index >= 15 is 0 Å². The maximum absolute atomic E-state index is 12.7. The number of aromatic nitrogens is 1. The molecular weight excluding hydrogens is 410 g/mol. The van der Waals surface area contributed by atoms with E-state index in [1.807, 2.05) is 30.5 Å². The van der Waals surface area contributed by atoms with Gasteiger partial charge < -0.3 is 10.1 Å². The summed E-state index contributed by atoms with van der Waals surface area (Å²) >= 11 is 1.64. The molecule has 1 aromatic heterocycles. The number of thioether (sulfide) groups is 1. The average Bonchev–Trinajstić information content (AvgIpc) is 2.73. The number of hydrogen-bond donors (Lipinski definition) is 2. The highest BCUT2D eigenvalue weighted by Gasteiger charge is 2.21. The van der Waals surface area contributed by atoms with Gasteiger partial charge in [-0.25, -0.2) is 8.42 Å². The summed E-state index contributed by atoms with van der Waals surface area (Å²) in [5.41, 5.74) is 1.91. The molecule has 0 aliphatic carbocycles. The molecule has 0 fully saturated rings. The van der Waals surface area contributed by atoms with Gasteiger partial charge in [0.2, 0.25) is 0 Å². The van der Waals surface area contributed by atoms with Gasteiger partial charge in [0.25, 0.3) is 15.9 Å². The molecule has 1 amide bonds. The summed E-state index contributed by atoms with van der Waals surface area (Å²) < 4.78 is 33.2. The smallest absolute Gasteiger partial charge is 0.262 e. The van der Waals surface area contributed by atoms with E-state index in [0.29, 0.717) is 17.1 Å². The molecule has 0 spiro atoms. The number of amides is 1.